The maximum absolute atomic E-state index is 12.0. The van der Waals surface area contributed by atoms with Gasteiger partial charge in [0, 0.05) is 23.7 Å². The van der Waals surface area contributed by atoms with Crippen molar-refractivity contribution < 1.29 is 14.7 Å². The summed E-state index contributed by atoms with van der Waals surface area (Å²) in [5.41, 5.74) is 0. The van der Waals surface area contributed by atoms with Crippen LogP contribution in [0.4, 0.5) is 4.79 Å². The molecule has 0 aromatic carbocycles. The first-order valence-electron chi connectivity index (χ1n) is 6.07. The van der Waals surface area contributed by atoms with Gasteiger partial charge in [-0.05, 0) is 20.8 Å². The molecule has 0 spiro atoms. The molecule has 6 nitrogen and oxygen atoms in total. The van der Waals surface area contributed by atoms with Crippen LogP contribution in [0.2, 0.25) is 0 Å². The van der Waals surface area contributed by atoms with Gasteiger partial charge in [0.15, 0.2) is 0 Å². The molecule has 0 bridgehead atoms. The second-order valence-corrected chi connectivity index (χ2v) is 5.75. The molecule has 0 radical (unpaired) electrons. The fourth-order valence-electron chi connectivity index (χ4n) is 1.56. The Balaban J connectivity index is 2.49. The molecule has 106 valence electrons. The third kappa shape index (κ3) is 5.25. The molecule has 0 aliphatic rings. The summed E-state index contributed by atoms with van der Waals surface area (Å²) in [7, 11) is 0. The van der Waals surface area contributed by atoms with Gasteiger partial charge >= 0.3 is 12.0 Å². The van der Waals surface area contributed by atoms with E-state index in [4.69, 9.17) is 5.11 Å². The quantitative estimate of drug-likeness (QED) is 0.835. The van der Waals surface area contributed by atoms with Crippen molar-refractivity contribution in [2.75, 3.05) is 6.54 Å². The maximum atomic E-state index is 12.0. The molecule has 2 N–H and O–H groups in total. The van der Waals surface area contributed by atoms with Gasteiger partial charge in [-0.1, -0.05) is 0 Å². The highest BCUT2D eigenvalue weighted by Gasteiger charge is 2.17. The number of aryl methyl sites for hydroxylation is 1. The summed E-state index contributed by atoms with van der Waals surface area (Å²) in [5.74, 6) is -0.906. The van der Waals surface area contributed by atoms with Crippen LogP contribution >= 0.6 is 11.3 Å². The second kappa shape index (κ2) is 7.08. The lowest BCUT2D eigenvalue weighted by Crippen LogP contribution is -2.44. The Bertz CT molecular complexity index is 445. The van der Waals surface area contributed by atoms with Crippen LogP contribution in [0.25, 0.3) is 0 Å². The van der Waals surface area contributed by atoms with Gasteiger partial charge in [0.1, 0.15) is 0 Å². The number of hydrogen-bond acceptors (Lipinski definition) is 4. The van der Waals surface area contributed by atoms with Gasteiger partial charge in [0.2, 0.25) is 0 Å². The molecule has 0 atom stereocenters. The Morgan fingerprint density at radius 3 is 2.68 bits per heavy atom. The van der Waals surface area contributed by atoms with Crippen LogP contribution in [-0.2, 0) is 11.3 Å². The van der Waals surface area contributed by atoms with Crippen LogP contribution in [0.1, 0.15) is 30.2 Å². The fourth-order valence-corrected chi connectivity index (χ4v) is 2.30. The largest absolute Gasteiger partial charge is 0.481 e. The second-order valence-electron chi connectivity index (χ2n) is 4.44. The first kappa shape index (κ1) is 15.4. The number of carbonyl (C=O) groups is 2. The number of carbonyl (C=O) groups excluding carboxylic acids is 1. The molecule has 19 heavy (non-hydrogen) atoms. The van der Waals surface area contributed by atoms with E-state index >= 15 is 0 Å². The highest BCUT2D eigenvalue weighted by atomic mass is 32.1. The number of urea groups is 1. The van der Waals surface area contributed by atoms with Crippen LogP contribution in [0.15, 0.2) is 6.20 Å². The molecule has 0 aliphatic heterocycles. The lowest BCUT2D eigenvalue weighted by atomic mass is 10.3. The van der Waals surface area contributed by atoms with E-state index in [9.17, 15) is 9.59 Å². The SMILES string of the molecule is Cc1ncc(CNC(=O)N(CCC(=O)O)C(C)C)s1. The molecular weight excluding hydrogens is 266 g/mol. The van der Waals surface area contributed by atoms with Crippen molar-refractivity contribution in [3.8, 4) is 0 Å². The zero-order valence-corrected chi connectivity index (χ0v) is 12.2. The Morgan fingerprint density at radius 2 is 2.21 bits per heavy atom. The number of hydrogen-bond donors (Lipinski definition) is 2. The van der Waals surface area contributed by atoms with Crippen molar-refractivity contribution in [2.24, 2.45) is 0 Å². The van der Waals surface area contributed by atoms with Gasteiger partial charge in [-0.3, -0.25) is 4.79 Å². The molecule has 0 unspecified atom stereocenters. The standard InChI is InChI=1S/C12H19N3O3S/c1-8(2)15(5-4-11(16)17)12(18)14-7-10-6-13-9(3)19-10/h6,8H,4-5,7H2,1-3H3,(H,14,18)(H,16,17). The smallest absolute Gasteiger partial charge is 0.317 e. The van der Waals surface area contributed by atoms with Crippen LogP contribution in [0.3, 0.4) is 0 Å². The third-order valence-electron chi connectivity index (χ3n) is 2.53. The Morgan fingerprint density at radius 1 is 1.53 bits per heavy atom. The molecule has 1 heterocycles. The lowest BCUT2D eigenvalue weighted by molar-refractivity contribution is -0.137. The van der Waals surface area contributed by atoms with E-state index in [0.29, 0.717) is 6.54 Å². The summed E-state index contributed by atoms with van der Waals surface area (Å²) >= 11 is 1.53. The predicted octanol–water partition coefficient (Wildman–Crippen LogP) is 1.85. The molecule has 1 aromatic rings. The molecule has 7 heteroatoms. The van der Waals surface area contributed by atoms with Gasteiger partial charge in [-0.25, -0.2) is 9.78 Å². The monoisotopic (exact) mass is 285 g/mol. The summed E-state index contributed by atoms with van der Waals surface area (Å²) in [5, 5.41) is 12.4. The van der Waals surface area contributed by atoms with Gasteiger partial charge in [0.05, 0.1) is 18.0 Å². The van der Waals surface area contributed by atoms with E-state index in [2.05, 4.69) is 10.3 Å². The van der Waals surface area contributed by atoms with Crippen molar-refractivity contribution in [2.45, 2.75) is 39.8 Å². The Kier molecular flexibility index (Phi) is 5.75. The zero-order chi connectivity index (χ0) is 14.4. The molecule has 0 aliphatic carbocycles. The van der Waals surface area contributed by atoms with Crippen molar-refractivity contribution in [3.05, 3.63) is 16.1 Å². The van der Waals surface area contributed by atoms with E-state index in [1.54, 1.807) is 6.20 Å². The van der Waals surface area contributed by atoms with E-state index in [-0.39, 0.29) is 25.0 Å². The summed E-state index contributed by atoms with van der Waals surface area (Å²) in [6.45, 7) is 6.25. The minimum absolute atomic E-state index is 0.0393. The first-order valence-corrected chi connectivity index (χ1v) is 6.89. The van der Waals surface area contributed by atoms with Gasteiger partial charge < -0.3 is 15.3 Å². The summed E-state index contributed by atoms with van der Waals surface area (Å²) < 4.78 is 0. The average Bonchev–Trinajstić information content (AvgIpc) is 2.72. The number of amides is 2. The fraction of sp³-hybridized carbons (Fsp3) is 0.583. The lowest BCUT2D eigenvalue weighted by Gasteiger charge is -2.26. The molecule has 0 fully saturated rings. The number of nitrogens with one attached hydrogen (secondary N) is 1. The molecule has 0 saturated heterocycles. The van der Waals surface area contributed by atoms with Crippen molar-refractivity contribution in [1.29, 1.82) is 0 Å². The van der Waals surface area contributed by atoms with Crippen LogP contribution < -0.4 is 5.32 Å². The van der Waals surface area contributed by atoms with Crippen LogP contribution in [0, 0.1) is 6.92 Å². The first-order chi connectivity index (χ1) is 8.90. The molecule has 1 rings (SSSR count). The van der Waals surface area contributed by atoms with E-state index in [1.165, 1.54) is 16.2 Å². The number of aliphatic carboxylic acids is 1. The normalized spacial score (nSPS) is 10.5. The highest BCUT2D eigenvalue weighted by Crippen LogP contribution is 2.11. The van der Waals surface area contributed by atoms with Crippen molar-refractivity contribution in [3.63, 3.8) is 0 Å². The number of rotatable bonds is 6. The van der Waals surface area contributed by atoms with E-state index in [0.717, 1.165) is 9.88 Å². The number of nitrogens with zero attached hydrogens (tertiary/aromatic N) is 2. The molecule has 0 saturated carbocycles. The van der Waals surface area contributed by atoms with E-state index < -0.39 is 5.97 Å². The minimum Gasteiger partial charge on any atom is -0.481 e. The van der Waals surface area contributed by atoms with Crippen molar-refractivity contribution >= 4 is 23.3 Å². The number of carboxylic acid groups (broad SMARTS) is 1. The predicted molar refractivity (Wildman–Crippen MR) is 73.2 cm³/mol. The number of aromatic nitrogens is 1. The Labute approximate surface area is 116 Å². The number of carboxylic acids is 1. The zero-order valence-electron chi connectivity index (χ0n) is 11.3. The number of thiazole rings is 1. The summed E-state index contributed by atoms with van der Waals surface area (Å²) in [6.07, 6.45) is 1.68. The van der Waals surface area contributed by atoms with Gasteiger partial charge in [-0.15, -0.1) is 11.3 Å². The third-order valence-corrected chi connectivity index (χ3v) is 3.45. The van der Waals surface area contributed by atoms with Gasteiger partial charge in [0.25, 0.3) is 0 Å². The summed E-state index contributed by atoms with van der Waals surface area (Å²) in [4.78, 5) is 29.2. The van der Waals surface area contributed by atoms with Crippen LogP contribution in [0.5, 0.6) is 0 Å². The average molecular weight is 285 g/mol. The van der Waals surface area contributed by atoms with Crippen LogP contribution in [-0.4, -0.2) is 39.6 Å². The Hall–Kier alpha value is -1.63. The van der Waals surface area contributed by atoms with E-state index in [1.807, 2.05) is 20.8 Å². The maximum Gasteiger partial charge on any atom is 0.317 e. The summed E-state index contributed by atoms with van der Waals surface area (Å²) in [6, 6.07) is -0.287. The molecular formula is C12H19N3O3S. The van der Waals surface area contributed by atoms with Gasteiger partial charge in [-0.2, -0.15) is 0 Å². The topological polar surface area (TPSA) is 82.5 Å². The highest BCUT2D eigenvalue weighted by molar-refractivity contribution is 7.11. The molecule has 1 aromatic heterocycles. The van der Waals surface area contributed by atoms with Crippen molar-refractivity contribution in [1.82, 2.24) is 15.2 Å². The molecule has 2 amide bonds. The minimum atomic E-state index is -0.906.